The third-order valence-corrected chi connectivity index (χ3v) is 6.90. The van der Waals surface area contributed by atoms with E-state index in [-0.39, 0.29) is 33.6 Å². The number of halogens is 2. The van der Waals surface area contributed by atoms with E-state index in [1.165, 1.54) is 24.3 Å². The molecule has 1 aromatic carbocycles. The largest absolute Gasteiger partial charge is 0.464 e. The highest BCUT2D eigenvalue weighted by Gasteiger charge is 2.31. The fraction of sp³-hybridized carbons (Fsp3) is 0.409. The van der Waals surface area contributed by atoms with Crippen LogP contribution in [0.5, 0.6) is 0 Å². The lowest BCUT2D eigenvalue weighted by atomic mass is 10.1. The average molecular weight is 493 g/mol. The van der Waals surface area contributed by atoms with E-state index in [2.05, 4.69) is 15.1 Å². The SMILES string of the molecule is CCOC(=O)[C@H](C)N(c1ccc(F)cc1)c1nc(Cl)c(C(=O)c2nc(C3CCCC3)no2)s1. The van der Waals surface area contributed by atoms with Gasteiger partial charge >= 0.3 is 5.97 Å². The van der Waals surface area contributed by atoms with Crippen molar-refractivity contribution in [2.45, 2.75) is 51.5 Å². The van der Waals surface area contributed by atoms with Gasteiger partial charge in [-0.2, -0.15) is 4.98 Å². The van der Waals surface area contributed by atoms with Crippen molar-refractivity contribution in [3.63, 3.8) is 0 Å². The van der Waals surface area contributed by atoms with Gasteiger partial charge < -0.3 is 14.2 Å². The number of ketones is 1. The van der Waals surface area contributed by atoms with Crippen LogP contribution in [0.1, 0.15) is 66.8 Å². The summed E-state index contributed by atoms with van der Waals surface area (Å²) in [6, 6.07) is 4.74. The van der Waals surface area contributed by atoms with Crippen molar-refractivity contribution in [1.82, 2.24) is 15.1 Å². The Hall–Kier alpha value is -2.85. The summed E-state index contributed by atoms with van der Waals surface area (Å²) in [5.74, 6) is -0.893. The minimum absolute atomic E-state index is 0.0520. The average Bonchev–Trinajstić information content (AvgIpc) is 3.56. The Morgan fingerprint density at radius 1 is 1.27 bits per heavy atom. The van der Waals surface area contributed by atoms with E-state index < -0.39 is 23.6 Å². The third-order valence-electron chi connectivity index (χ3n) is 5.46. The van der Waals surface area contributed by atoms with Crippen LogP contribution in [0.25, 0.3) is 0 Å². The summed E-state index contributed by atoms with van der Waals surface area (Å²) in [5, 5.41) is 4.19. The summed E-state index contributed by atoms with van der Waals surface area (Å²) in [5.41, 5.74) is 0.489. The van der Waals surface area contributed by atoms with Crippen LogP contribution in [0.3, 0.4) is 0 Å². The molecule has 1 atom stereocenters. The van der Waals surface area contributed by atoms with Gasteiger partial charge in [0.1, 0.15) is 16.7 Å². The Balaban J connectivity index is 1.66. The first-order chi connectivity index (χ1) is 15.9. The molecule has 0 radical (unpaired) electrons. The van der Waals surface area contributed by atoms with E-state index in [4.69, 9.17) is 20.9 Å². The second-order valence-electron chi connectivity index (χ2n) is 7.66. The monoisotopic (exact) mass is 492 g/mol. The standard InChI is InChI=1S/C22H22ClFN4O4S/c1-3-31-21(30)12(2)28(15-10-8-14(24)9-11-15)22-25-18(23)17(33-22)16(29)20-26-19(27-32-20)13-6-4-5-7-13/h8-13H,3-7H2,1-2H3/t12-/m0/s1. The molecule has 3 aromatic rings. The lowest BCUT2D eigenvalue weighted by Gasteiger charge is -2.27. The molecule has 1 aliphatic carbocycles. The molecule has 1 fully saturated rings. The summed E-state index contributed by atoms with van der Waals surface area (Å²) in [6.07, 6.45) is 4.14. The number of aromatic nitrogens is 3. The molecule has 0 saturated heterocycles. The molecule has 8 nitrogen and oxygen atoms in total. The number of thiazole rings is 1. The first-order valence-corrected chi connectivity index (χ1v) is 11.8. The van der Waals surface area contributed by atoms with Crippen molar-refractivity contribution in [3.05, 3.63) is 51.8 Å². The quantitative estimate of drug-likeness (QED) is 0.308. The molecule has 1 aliphatic rings. The molecule has 2 aromatic heterocycles. The van der Waals surface area contributed by atoms with Gasteiger partial charge in [-0.15, -0.1) is 0 Å². The van der Waals surface area contributed by atoms with Gasteiger partial charge in [-0.1, -0.05) is 40.9 Å². The maximum atomic E-state index is 13.5. The first kappa shape index (κ1) is 23.3. The molecular weight excluding hydrogens is 471 g/mol. The number of hydrogen-bond acceptors (Lipinski definition) is 9. The highest BCUT2D eigenvalue weighted by atomic mass is 35.5. The Morgan fingerprint density at radius 3 is 2.64 bits per heavy atom. The lowest BCUT2D eigenvalue weighted by molar-refractivity contribution is -0.144. The highest BCUT2D eigenvalue weighted by Crippen LogP contribution is 2.37. The molecule has 0 bridgehead atoms. The van der Waals surface area contributed by atoms with Crippen LogP contribution in [0, 0.1) is 5.82 Å². The number of carbonyl (C=O) groups is 2. The van der Waals surface area contributed by atoms with Crippen molar-refractivity contribution >= 4 is 45.5 Å². The normalized spacial score (nSPS) is 14.9. The predicted molar refractivity (Wildman–Crippen MR) is 121 cm³/mol. The molecule has 1 saturated carbocycles. The van der Waals surface area contributed by atoms with Crippen LogP contribution in [0.4, 0.5) is 15.2 Å². The second kappa shape index (κ2) is 9.96. The summed E-state index contributed by atoms with van der Waals surface area (Å²) in [6.45, 7) is 3.53. The van der Waals surface area contributed by atoms with Crippen LogP contribution < -0.4 is 4.90 Å². The number of nitrogens with zero attached hydrogens (tertiary/aromatic N) is 4. The molecule has 174 valence electrons. The first-order valence-electron chi connectivity index (χ1n) is 10.6. The molecule has 4 rings (SSSR count). The van der Waals surface area contributed by atoms with Crippen molar-refractivity contribution in [2.24, 2.45) is 0 Å². The van der Waals surface area contributed by atoms with Gasteiger partial charge in [-0.25, -0.2) is 14.2 Å². The van der Waals surface area contributed by atoms with E-state index in [0.717, 1.165) is 37.0 Å². The fourth-order valence-electron chi connectivity index (χ4n) is 3.78. The van der Waals surface area contributed by atoms with E-state index in [1.807, 2.05) is 0 Å². The third kappa shape index (κ3) is 4.91. The van der Waals surface area contributed by atoms with Gasteiger partial charge in [0.15, 0.2) is 16.1 Å². The summed E-state index contributed by atoms with van der Waals surface area (Å²) in [4.78, 5) is 35.8. The Labute approximate surface area is 198 Å². The Morgan fingerprint density at radius 2 is 1.97 bits per heavy atom. The van der Waals surface area contributed by atoms with Crippen LogP contribution >= 0.6 is 22.9 Å². The van der Waals surface area contributed by atoms with Gasteiger partial charge in [0.05, 0.1) is 6.61 Å². The lowest BCUT2D eigenvalue weighted by Crippen LogP contribution is -2.36. The zero-order chi connectivity index (χ0) is 23.5. The molecule has 0 amide bonds. The maximum absolute atomic E-state index is 13.5. The molecule has 0 N–H and O–H groups in total. The topological polar surface area (TPSA) is 98.4 Å². The maximum Gasteiger partial charge on any atom is 0.328 e. The van der Waals surface area contributed by atoms with Gasteiger partial charge in [0.25, 0.3) is 11.7 Å². The van der Waals surface area contributed by atoms with Crippen molar-refractivity contribution < 1.29 is 23.2 Å². The van der Waals surface area contributed by atoms with E-state index in [0.29, 0.717) is 11.5 Å². The van der Waals surface area contributed by atoms with Crippen molar-refractivity contribution in [1.29, 1.82) is 0 Å². The van der Waals surface area contributed by atoms with Crippen molar-refractivity contribution in [3.8, 4) is 0 Å². The van der Waals surface area contributed by atoms with Crippen LogP contribution in [0.15, 0.2) is 28.8 Å². The smallest absolute Gasteiger partial charge is 0.328 e. The minimum Gasteiger partial charge on any atom is -0.464 e. The molecule has 0 unspecified atom stereocenters. The van der Waals surface area contributed by atoms with E-state index >= 15 is 0 Å². The molecule has 11 heteroatoms. The number of carbonyl (C=O) groups excluding carboxylic acids is 2. The van der Waals surface area contributed by atoms with Crippen LogP contribution in [0.2, 0.25) is 5.15 Å². The van der Waals surface area contributed by atoms with Crippen LogP contribution in [-0.4, -0.2) is 39.5 Å². The van der Waals surface area contributed by atoms with Crippen LogP contribution in [-0.2, 0) is 9.53 Å². The van der Waals surface area contributed by atoms with E-state index in [1.54, 1.807) is 18.7 Å². The Bertz CT molecular complexity index is 1140. The zero-order valence-electron chi connectivity index (χ0n) is 18.1. The number of ether oxygens (including phenoxy) is 1. The number of hydrogen-bond donors (Lipinski definition) is 0. The summed E-state index contributed by atoms with van der Waals surface area (Å²) < 4.78 is 23.9. The van der Waals surface area contributed by atoms with Gasteiger partial charge in [-0.05, 0) is 51.0 Å². The molecule has 0 aliphatic heterocycles. The molecular formula is C22H22ClFN4O4S. The second-order valence-corrected chi connectivity index (χ2v) is 8.99. The minimum atomic E-state index is -0.807. The zero-order valence-corrected chi connectivity index (χ0v) is 19.7. The molecule has 2 heterocycles. The van der Waals surface area contributed by atoms with E-state index in [9.17, 15) is 14.0 Å². The number of rotatable bonds is 8. The fourth-order valence-corrected chi connectivity index (χ4v) is 5.10. The van der Waals surface area contributed by atoms with Gasteiger partial charge in [0, 0.05) is 11.6 Å². The predicted octanol–water partition coefficient (Wildman–Crippen LogP) is 5.30. The summed E-state index contributed by atoms with van der Waals surface area (Å²) in [7, 11) is 0. The Kier molecular flexibility index (Phi) is 7.04. The number of anilines is 2. The molecule has 0 spiro atoms. The van der Waals surface area contributed by atoms with Gasteiger partial charge in [0.2, 0.25) is 0 Å². The summed E-state index contributed by atoms with van der Waals surface area (Å²) >= 11 is 7.29. The number of benzene rings is 1. The molecule has 33 heavy (non-hydrogen) atoms. The van der Waals surface area contributed by atoms with Crippen molar-refractivity contribution in [2.75, 3.05) is 11.5 Å². The highest BCUT2D eigenvalue weighted by molar-refractivity contribution is 7.18. The number of esters is 1. The van der Waals surface area contributed by atoms with Gasteiger partial charge in [-0.3, -0.25) is 4.79 Å².